The minimum absolute atomic E-state index is 0.0254. The van der Waals surface area contributed by atoms with E-state index in [0.29, 0.717) is 17.9 Å². The maximum atomic E-state index is 12.5. The molecule has 1 N–H and O–H groups in total. The van der Waals surface area contributed by atoms with E-state index in [1.165, 1.54) is 5.56 Å². The number of carbonyl (C=O) groups excluding carboxylic acids is 1. The average Bonchev–Trinajstić information content (AvgIpc) is 2.93. The first-order valence-corrected chi connectivity index (χ1v) is 9.36. The van der Waals surface area contributed by atoms with Gasteiger partial charge in [-0.1, -0.05) is 30.3 Å². The lowest BCUT2D eigenvalue weighted by Gasteiger charge is -2.45. The third kappa shape index (κ3) is 4.01. The summed E-state index contributed by atoms with van der Waals surface area (Å²) in [6, 6.07) is 12.4. The fourth-order valence-electron chi connectivity index (χ4n) is 4.24. The van der Waals surface area contributed by atoms with E-state index in [4.69, 9.17) is 9.15 Å². The zero-order chi connectivity index (χ0) is 18.8. The van der Waals surface area contributed by atoms with Crippen molar-refractivity contribution in [2.24, 2.45) is 0 Å². The molecule has 1 atom stereocenters. The molecule has 2 aromatic rings. The Hall–Kier alpha value is -2.07. The highest BCUT2D eigenvalue weighted by molar-refractivity contribution is 5.95. The van der Waals surface area contributed by atoms with Crippen LogP contribution in [0.15, 0.2) is 40.8 Å². The van der Waals surface area contributed by atoms with Gasteiger partial charge in [-0.05, 0) is 58.6 Å². The number of benzene rings is 1. The van der Waals surface area contributed by atoms with Gasteiger partial charge in [0.1, 0.15) is 11.5 Å². The third-order valence-corrected chi connectivity index (χ3v) is 5.40. The summed E-state index contributed by atoms with van der Waals surface area (Å²) >= 11 is 0. The Bertz CT molecular complexity index is 763. The Morgan fingerprint density at radius 1 is 1.19 bits per heavy atom. The lowest BCUT2D eigenvalue weighted by molar-refractivity contribution is -0.0838. The van der Waals surface area contributed by atoms with Crippen molar-refractivity contribution < 1.29 is 13.9 Å². The van der Waals surface area contributed by atoms with E-state index in [1.807, 2.05) is 19.9 Å². The number of nitrogens with one attached hydrogen (secondary N) is 1. The molecule has 1 amide bonds. The second kappa shape index (κ2) is 7.28. The Kier molecular flexibility index (Phi) is 5.24. The van der Waals surface area contributed by atoms with E-state index >= 15 is 0 Å². The van der Waals surface area contributed by atoms with E-state index in [1.54, 1.807) is 6.07 Å². The number of furan rings is 1. The summed E-state index contributed by atoms with van der Waals surface area (Å²) in [5.74, 6) is 1.37. The summed E-state index contributed by atoms with van der Waals surface area (Å²) < 4.78 is 11.4. The quantitative estimate of drug-likeness (QED) is 0.856. The van der Waals surface area contributed by atoms with Gasteiger partial charge >= 0.3 is 0 Å². The summed E-state index contributed by atoms with van der Waals surface area (Å²) in [5.41, 5.74) is 1.83. The molecule has 140 valence electrons. The van der Waals surface area contributed by atoms with Crippen LogP contribution in [0.3, 0.4) is 0 Å². The number of carbonyl (C=O) groups is 1. The average molecular weight is 355 g/mol. The first-order valence-electron chi connectivity index (χ1n) is 9.36. The normalized spacial score (nSPS) is 22.2. The van der Waals surface area contributed by atoms with Crippen LogP contribution in [0.2, 0.25) is 0 Å². The van der Waals surface area contributed by atoms with Gasteiger partial charge in [0.25, 0.3) is 5.91 Å². The van der Waals surface area contributed by atoms with Crippen LogP contribution in [0.1, 0.15) is 60.6 Å². The zero-order valence-electron chi connectivity index (χ0n) is 16.2. The molecule has 0 bridgehead atoms. The van der Waals surface area contributed by atoms with Crippen LogP contribution in [0, 0.1) is 13.8 Å². The highest BCUT2D eigenvalue weighted by atomic mass is 16.5. The topological polar surface area (TPSA) is 51.5 Å². The number of hydrogen-bond acceptors (Lipinski definition) is 3. The minimum Gasteiger partial charge on any atom is -0.466 e. The number of hydrogen-bond donors (Lipinski definition) is 1. The van der Waals surface area contributed by atoms with Crippen molar-refractivity contribution in [2.45, 2.75) is 58.0 Å². The Balaban J connectivity index is 1.73. The minimum atomic E-state index is -0.156. The van der Waals surface area contributed by atoms with Crippen LogP contribution in [0.5, 0.6) is 0 Å². The Labute approximate surface area is 155 Å². The van der Waals surface area contributed by atoms with E-state index < -0.39 is 0 Å². The summed E-state index contributed by atoms with van der Waals surface area (Å²) in [4.78, 5) is 12.5. The lowest BCUT2D eigenvalue weighted by atomic mass is 9.67. The molecule has 1 aromatic heterocycles. The molecule has 0 spiro atoms. The first kappa shape index (κ1) is 18.7. The number of amides is 1. The molecule has 1 saturated heterocycles. The second-order valence-corrected chi connectivity index (χ2v) is 8.01. The van der Waals surface area contributed by atoms with Crippen molar-refractivity contribution in [1.82, 2.24) is 5.32 Å². The second-order valence-electron chi connectivity index (χ2n) is 8.01. The van der Waals surface area contributed by atoms with Gasteiger partial charge in [-0.3, -0.25) is 4.79 Å². The summed E-state index contributed by atoms with van der Waals surface area (Å²) in [7, 11) is 0. The summed E-state index contributed by atoms with van der Waals surface area (Å²) in [5, 5.41) is 3.08. The van der Waals surface area contributed by atoms with Crippen LogP contribution in [0.4, 0.5) is 0 Å². The van der Waals surface area contributed by atoms with E-state index in [9.17, 15) is 4.79 Å². The highest BCUT2D eigenvalue weighted by Gasteiger charge is 2.41. The molecule has 0 radical (unpaired) electrons. The fourth-order valence-corrected chi connectivity index (χ4v) is 4.24. The molecule has 0 aliphatic carbocycles. The standard InChI is InChI=1S/C22H29NO3/c1-16-14-19(17(2)26-16)20(24)23-12-10-22(18-8-6-5-7-9-18)11-13-25-21(3,4)15-22/h5-9,14H,10-13,15H2,1-4H3,(H,23,24)/t22-/m1/s1. The molecule has 1 aromatic carbocycles. The van der Waals surface area contributed by atoms with Crippen LogP contribution in [-0.2, 0) is 10.2 Å². The van der Waals surface area contributed by atoms with Gasteiger partial charge in [-0.2, -0.15) is 0 Å². The third-order valence-electron chi connectivity index (χ3n) is 5.40. The van der Waals surface area contributed by atoms with Crippen LogP contribution in [0.25, 0.3) is 0 Å². The van der Waals surface area contributed by atoms with Gasteiger partial charge in [-0.25, -0.2) is 0 Å². The molecule has 0 unspecified atom stereocenters. The smallest absolute Gasteiger partial charge is 0.254 e. The van der Waals surface area contributed by atoms with Crippen molar-refractivity contribution in [2.75, 3.05) is 13.2 Å². The largest absolute Gasteiger partial charge is 0.466 e. The molecule has 3 rings (SSSR count). The molecule has 1 fully saturated rings. The molecular weight excluding hydrogens is 326 g/mol. The number of aryl methyl sites for hydroxylation is 2. The Morgan fingerprint density at radius 3 is 2.54 bits per heavy atom. The van der Waals surface area contributed by atoms with Crippen LogP contribution < -0.4 is 5.32 Å². The van der Waals surface area contributed by atoms with Crippen molar-refractivity contribution in [3.8, 4) is 0 Å². The van der Waals surface area contributed by atoms with Gasteiger partial charge in [-0.15, -0.1) is 0 Å². The summed E-state index contributed by atoms with van der Waals surface area (Å²) in [6.07, 6.45) is 2.81. The van der Waals surface area contributed by atoms with Gasteiger partial charge in [0.05, 0.1) is 11.2 Å². The molecular formula is C22H29NO3. The van der Waals surface area contributed by atoms with Gasteiger partial charge in [0.2, 0.25) is 0 Å². The van der Waals surface area contributed by atoms with E-state index in [-0.39, 0.29) is 16.9 Å². The fraction of sp³-hybridized carbons (Fsp3) is 0.500. The number of rotatable bonds is 5. The molecule has 1 aliphatic heterocycles. The lowest BCUT2D eigenvalue weighted by Crippen LogP contribution is -2.45. The van der Waals surface area contributed by atoms with Crippen molar-refractivity contribution in [3.05, 3.63) is 59.0 Å². The van der Waals surface area contributed by atoms with E-state index in [0.717, 1.165) is 31.6 Å². The zero-order valence-corrected chi connectivity index (χ0v) is 16.2. The summed E-state index contributed by atoms with van der Waals surface area (Å²) in [6.45, 7) is 9.37. The van der Waals surface area contributed by atoms with Crippen molar-refractivity contribution in [3.63, 3.8) is 0 Å². The highest BCUT2D eigenvalue weighted by Crippen LogP contribution is 2.43. The predicted octanol–water partition coefficient (Wildman–Crippen LogP) is 4.54. The maximum absolute atomic E-state index is 12.5. The van der Waals surface area contributed by atoms with Crippen LogP contribution >= 0.6 is 0 Å². The number of ether oxygens (including phenoxy) is 1. The predicted molar refractivity (Wildman–Crippen MR) is 103 cm³/mol. The molecule has 2 heterocycles. The molecule has 4 heteroatoms. The monoisotopic (exact) mass is 355 g/mol. The van der Waals surface area contributed by atoms with Gasteiger partial charge in [0, 0.05) is 18.6 Å². The van der Waals surface area contributed by atoms with E-state index in [2.05, 4.69) is 43.4 Å². The van der Waals surface area contributed by atoms with Gasteiger partial charge in [0.15, 0.2) is 0 Å². The Morgan fingerprint density at radius 2 is 1.92 bits per heavy atom. The molecule has 1 aliphatic rings. The van der Waals surface area contributed by atoms with Gasteiger partial charge < -0.3 is 14.5 Å². The molecule has 26 heavy (non-hydrogen) atoms. The van der Waals surface area contributed by atoms with Crippen LogP contribution in [-0.4, -0.2) is 24.7 Å². The first-order chi connectivity index (χ1) is 12.3. The SMILES string of the molecule is Cc1cc(C(=O)NCC[C@@]2(c3ccccc3)CCOC(C)(C)C2)c(C)o1. The van der Waals surface area contributed by atoms with Crippen molar-refractivity contribution >= 4 is 5.91 Å². The molecule has 0 saturated carbocycles. The van der Waals surface area contributed by atoms with Crippen molar-refractivity contribution in [1.29, 1.82) is 0 Å². The molecule has 4 nitrogen and oxygen atoms in total. The maximum Gasteiger partial charge on any atom is 0.254 e.